The van der Waals surface area contributed by atoms with Crippen LogP contribution >= 0.6 is 0 Å². The topological polar surface area (TPSA) is 49.7 Å². The molecule has 11 heavy (non-hydrogen) atoms. The molecule has 0 aromatic rings. The van der Waals surface area contributed by atoms with Crippen molar-refractivity contribution in [3.05, 3.63) is 0 Å². The molecule has 0 fully saturated rings. The molecule has 0 aliphatic heterocycles. The number of hydrogen-bond acceptors (Lipinski definition) is 3. The van der Waals surface area contributed by atoms with Crippen LogP contribution in [0.5, 0.6) is 0 Å². The largest absolute Gasteiger partial charge is 0.454 e. The van der Waals surface area contributed by atoms with Gasteiger partial charge in [0.2, 0.25) is 0 Å². The monoisotopic (exact) mass is 158 g/mol. The Kier molecular flexibility index (Phi) is 4.14. The molecule has 1 unspecified atom stereocenters. The average Bonchev–Trinajstić information content (AvgIpc) is 1.85. The van der Waals surface area contributed by atoms with Gasteiger partial charge in [-0.1, -0.05) is 27.7 Å². The summed E-state index contributed by atoms with van der Waals surface area (Å²) in [7, 11) is -1.30. The first-order valence-electron chi connectivity index (χ1n) is 3.80. The van der Waals surface area contributed by atoms with Gasteiger partial charge in [0.25, 0.3) is 0 Å². The Morgan fingerprint density at radius 2 is 1.91 bits per heavy atom. The van der Waals surface area contributed by atoms with E-state index in [0.717, 1.165) is 0 Å². The molecule has 5 heteroatoms. The third-order valence-corrected chi connectivity index (χ3v) is 2.04. The number of rotatable bonds is 3. The zero-order valence-electron chi connectivity index (χ0n) is 7.66. The van der Waals surface area contributed by atoms with Gasteiger partial charge in [0.15, 0.2) is 0 Å². The van der Waals surface area contributed by atoms with Gasteiger partial charge in [-0.05, 0) is 11.2 Å². The molecule has 3 nitrogen and oxygen atoms in total. The Morgan fingerprint density at radius 1 is 1.45 bits per heavy atom. The molecular formula is C6H16B2O3. The van der Waals surface area contributed by atoms with Crippen molar-refractivity contribution in [2.75, 3.05) is 0 Å². The lowest BCUT2D eigenvalue weighted by atomic mass is 9.60. The highest BCUT2D eigenvalue weighted by Crippen LogP contribution is 2.32. The lowest BCUT2D eigenvalue weighted by Gasteiger charge is -2.28. The summed E-state index contributed by atoms with van der Waals surface area (Å²) in [5.74, 6) is 0.00894. The maximum absolute atomic E-state index is 9.27. The zero-order valence-corrected chi connectivity index (χ0v) is 7.66. The van der Waals surface area contributed by atoms with Gasteiger partial charge >= 0.3 is 14.8 Å². The third kappa shape index (κ3) is 3.79. The van der Waals surface area contributed by atoms with Gasteiger partial charge in [0.05, 0.1) is 0 Å². The van der Waals surface area contributed by atoms with E-state index in [2.05, 4.69) is 4.57 Å². The molecule has 0 radical (unpaired) electrons. The van der Waals surface area contributed by atoms with Crippen LogP contribution in [0.15, 0.2) is 0 Å². The standard InChI is InChI=1S/C6H16B2O3/c1-5(6(2,3)4)8(10)11-7-9/h5,7,9-10H,1-4H3. The summed E-state index contributed by atoms with van der Waals surface area (Å²) in [6, 6.07) is 0. The van der Waals surface area contributed by atoms with E-state index >= 15 is 0 Å². The molecule has 0 amide bonds. The summed E-state index contributed by atoms with van der Waals surface area (Å²) in [5.41, 5.74) is -0.00537. The zero-order chi connectivity index (χ0) is 9.07. The van der Waals surface area contributed by atoms with Crippen molar-refractivity contribution >= 4 is 14.8 Å². The van der Waals surface area contributed by atoms with Crippen LogP contribution in [-0.2, 0) is 4.57 Å². The Labute approximate surface area is 69.2 Å². The first-order valence-corrected chi connectivity index (χ1v) is 3.80. The molecule has 0 rings (SSSR count). The van der Waals surface area contributed by atoms with Crippen molar-refractivity contribution in [1.82, 2.24) is 0 Å². The minimum atomic E-state index is -0.875. The predicted octanol–water partition coefficient (Wildman–Crippen LogP) is 0.178. The quantitative estimate of drug-likeness (QED) is 0.575. The molecule has 0 saturated heterocycles. The van der Waals surface area contributed by atoms with Crippen LogP contribution in [0, 0.1) is 5.41 Å². The second-order valence-electron chi connectivity index (χ2n) is 3.84. The molecule has 0 aromatic heterocycles. The molecule has 0 heterocycles. The second kappa shape index (κ2) is 4.14. The maximum atomic E-state index is 9.27. The van der Waals surface area contributed by atoms with Crippen LogP contribution in [0.1, 0.15) is 27.7 Å². The van der Waals surface area contributed by atoms with Crippen molar-refractivity contribution in [2.45, 2.75) is 33.5 Å². The molecule has 0 spiro atoms. The molecule has 0 aromatic carbocycles. The fourth-order valence-electron chi connectivity index (χ4n) is 0.648. The first-order chi connectivity index (χ1) is 4.89. The van der Waals surface area contributed by atoms with Crippen molar-refractivity contribution in [3.63, 3.8) is 0 Å². The lowest BCUT2D eigenvalue weighted by Crippen LogP contribution is -2.32. The molecule has 64 valence electrons. The van der Waals surface area contributed by atoms with E-state index in [-0.39, 0.29) is 11.2 Å². The van der Waals surface area contributed by atoms with E-state index in [4.69, 9.17) is 5.02 Å². The van der Waals surface area contributed by atoms with E-state index in [9.17, 15) is 5.02 Å². The highest BCUT2D eigenvalue weighted by atomic mass is 16.5. The molecule has 0 aliphatic rings. The van der Waals surface area contributed by atoms with E-state index in [1.165, 1.54) is 0 Å². The highest BCUT2D eigenvalue weighted by Gasteiger charge is 2.32. The lowest BCUT2D eigenvalue weighted by molar-refractivity contribution is 0.302. The summed E-state index contributed by atoms with van der Waals surface area (Å²) in [5, 5.41) is 17.6. The van der Waals surface area contributed by atoms with Crippen molar-refractivity contribution < 1.29 is 14.6 Å². The van der Waals surface area contributed by atoms with Crippen LogP contribution < -0.4 is 0 Å². The van der Waals surface area contributed by atoms with E-state index < -0.39 is 14.8 Å². The average molecular weight is 158 g/mol. The molecular weight excluding hydrogens is 142 g/mol. The predicted molar refractivity (Wildman–Crippen MR) is 47.3 cm³/mol. The SMILES string of the molecule is CC(B(O)OBO)C(C)(C)C. The van der Waals surface area contributed by atoms with Gasteiger partial charge in [-0.2, -0.15) is 0 Å². The Hall–Kier alpha value is 0.00987. The molecule has 2 N–H and O–H groups in total. The molecule has 1 atom stereocenters. The van der Waals surface area contributed by atoms with Gasteiger partial charge in [0, 0.05) is 0 Å². The van der Waals surface area contributed by atoms with Crippen LogP contribution in [0.25, 0.3) is 0 Å². The normalized spacial score (nSPS) is 14.4. The van der Waals surface area contributed by atoms with Crippen LogP contribution in [-0.4, -0.2) is 24.9 Å². The summed E-state index contributed by atoms with van der Waals surface area (Å²) in [6.07, 6.45) is 0. The number of hydrogen-bond donors (Lipinski definition) is 2. The van der Waals surface area contributed by atoms with Gasteiger partial charge in [0.1, 0.15) is 0 Å². The van der Waals surface area contributed by atoms with Crippen LogP contribution in [0.4, 0.5) is 0 Å². The minimum absolute atomic E-state index is 0.00537. The van der Waals surface area contributed by atoms with Crippen LogP contribution in [0.2, 0.25) is 5.82 Å². The Balaban J connectivity index is 3.91. The summed E-state index contributed by atoms with van der Waals surface area (Å²) in [4.78, 5) is 0. The highest BCUT2D eigenvalue weighted by molar-refractivity contribution is 6.51. The van der Waals surface area contributed by atoms with Crippen molar-refractivity contribution in [2.24, 2.45) is 5.41 Å². The first kappa shape index (κ1) is 11.0. The van der Waals surface area contributed by atoms with Crippen molar-refractivity contribution in [3.8, 4) is 0 Å². The van der Waals surface area contributed by atoms with Gasteiger partial charge in [-0.15, -0.1) is 0 Å². The Bertz CT molecular complexity index is 113. The van der Waals surface area contributed by atoms with Crippen LogP contribution in [0.3, 0.4) is 0 Å². The third-order valence-electron chi connectivity index (χ3n) is 2.04. The fourth-order valence-corrected chi connectivity index (χ4v) is 0.648. The Morgan fingerprint density at radius 3 is 2.18 bits per heavy atom. The minimum Gasteiger partial charge on any atom is -0.454 e. The maximum Gasteiger partial charge on any atom is 0.443 e. The van der Waals surface area contributed by atoms with E-state index in [1.54, 1.807) is 0 Å². The molecule has 0 bridgehead atoms. The van der Waals surface area contributed by atoms with E-state index in [0.29, 0.717) is 0 Å². The van der Waals surface area contributed by atoms with Gasteiger partial charge < -0.3 is 14.6 Å². The summed E-state index contributed by atoms with van der Waals surface area (Å²) >= 11 is 0. The van der Waals surface area contributed by atoms with Crippen molar-refractivity contribution in [1.29, 1.82) is 0 Å². The van der Waals surface area contributed by atoms with Gasteiger partial charge in [-0.25, -0.2) is 0 Å². The van der Waals surface area contributed by atoms with Gasteiger partial charge in [-0.3, -0.25) is 0 Å². The molecule has 0 aliphatic carbocycles. The second-order valence-corrected chi connectivity index (χ2v) is 3.84. The summed E-state index contributed by atoms with van der Waals surface area (Å²) < 4.78 is 4.64. The smallest absolute Gasteiger partial charge is 0.443 e. The summed E-state index contributed by atoms with van der Waals surface area (Å²) in [6.45, 7) is 7.94. The molecule has 0 saturated carbocycles. The fraction of sp³-hybridized carbons (Fsp3) is 1.00. The van der Waals surface area contributed by atoms with E-state index in [1.807, 2.05) is 27.7 Å².